The summed E-state index contributed by atoms with van der Waals surface area (Å²) >= 11 is 0. The first-order valence-corrected chi connectivity index (χ1v) is 5.50. The van der Waals surface area contributed by atoms with Crippen molar-refractivity contribution in [3.63, 3.8) is 0 Å². The topological polar surface area (TPSA) is 27.0 Å². The highest BCUT2D eigenvalue weighted by Gasteiger charge is 2.23. The van der Waals surface area contributed by atoms with Crippen LogP contribution in [0.25, 0.3) is 0 Å². The van der Waals surface area contributed by atoms with E-state index in [0.717, 1.165) is 31.8 Å². The summed E-state index contributed by atoms with van der Waals surface area (Å²) in [5.74, 6) is 1.39. The minimum Gasteiger partial charge on any atom is -0.303 e. The van der Waals surface area contributed by atoms with Gasteiger partial charge in [0.1, 0.15) is 0 Å². The molecule has 1 saturated carbocycles. The minimum atomic E-state index is 0.345. The van der Waals surface area contributed by atoms with Crippen molar-refractivity contribution in [2.24, 2.45) is 11.8 Å². The van der Waals surface area contributed by atoms with Crippen molar-refractivity contribution < 1.29 is 0 Å². The molecule has 2 fully saturated rings. The molecule has 0 radical (unpaired) electrons. The molecular formula is C11H18N2. The molecule has 0 N–H and O–H groups in total. The van der Waals surface area contributed by atoms with E-state index in [4.69, 9.17) is 5.26 Å². The fourth-order valence-corrected chi connectivity index (χ4v) is 2.06. The number of hydrogen-bond donors (Lipinski definition) is 0. The molecule has 2 nitrogen and oxygen atoms in total. The molecule has 0 bridgehead atoms. The van der Waals surface area contributed by atoms with Crippen LogP contribution < -0.4 is 0 Å². The summed E-state index contributed by atoms with van der Waals surface area (Å²) < 4.78 is 0. The number of rotatable bonds is 3. The summed E-state index contributed by atoms with van der Waals surface area (Å²) in [6, 6.07) is 2.37. The molecule has 0 aromatic carbocycles. The van der Waals surface area contributed by atoms with Gasteiger partial charge < -0.3 is 4.90 Å². The molecule has 1 aliphatic heterocycles. The van der Waals surface area contributed by atoms with E-state index >= 15 is 0 Å². The maximum absolute atomic E-state index is 8.74. The number of hydrogen-bond acceptors (Lipinski definition) is 2. The molecule has 0 unspecified atom stereocenters. The lowest BCUT2D eigenvalue weighted by Crippen LogP contribution is -2.34. The molecular weight excluding hydrogens is 160 g/mol. The SMILES string of the molecule is N#CC1CCN(CCC2CC2)CC1. The van der Waals surface area contributed by atoms with E-state index in [9.17, 15) is 0 Å². The van der Waals surface area contributed by atoms with Crippen LogP contribution in [0.4, 0.5) is 0 Å². The van der Waals surface area contributed by atoms with Crippen molar-refractivity contribution in [2.45, 2.75) is 32.1 Å². The van der Waals surface area contributed by atoms with Crippen LogP contribution in [0.5, 0.6) is 0 Å². The van der Waals surface area contributed by atoms with E-state index in [1.54, 1.807) is 0 Å². The lowest BCUT2D eigenvalue weighted by atomic mass is 9.98. The Hall–Kier alpha value is -0.550. The summed E-state index contributed by atoms with van der Waals surface area (Å²) in [6.07, 6.45) is 6.53. The van der Waals surface area contributed by atoms with Gasteiger partial charge in [0.2, 0.25) is 0 Å². The third-order valence-electron chi connectivity index (χ3n) is 3.32. The Labute approximate surface area is 80.5 Å². The molecule has 0 spiro atoms. The molecule has 0 aromatic heterocycles. The second-order valence-electron chi connectivity index (χ2n) is 4.48. The Morgan fingerprint density at radius 2 is 1.85 bits per heavy atom. The van der Waals surface area contributed by atoms with Gasteiger partial charge in [0.05, 0.1) is 6.07 Å². The third kappa shape index (κ3) is 2.70. The molecule has 1 aliphatic carbocycles. The highest BCUT2D eigenvalue weighted by molar-refractivity contribution is 4.87. The van der Waals surface area contributed by atoms with Gasteiger partial charge in [-0.15, -0.1) is 0 Å². The Balaban J connectivity index is 1.63. The zero-order valence-electron chi connectivity index (χ0n) is 8.21. The summed E-state index contributed by atoms with van der Waals surface area (Å²) in [6.45, 7) is 3.60. The molecule has 72 valence electrons. The van der Waals surface area contributed by atoms with E-state index in [2.05, 4.69) is 11.0 Å². The molecule has 2 rings (SSSR count). The van der Waals surface area contributed by atoms with Crippen LogP contribution in [-0.4, -0.2) is 24.5 Å². The standard InChI is InChI=1S/C11H18N2/c12-9-11-4-7-13(8-5-11)6-3-10-1-2-10/h10-11H,1-8H2. The lowest BCUT2D eigenvalue weighted by molar-refractivity contribution is 0.200. The molecule has 2 heteroatoms. The van der Waals surface area contributed by atoms with Crippen LogP contribution in [0.2, 0.25) is 0 Å². The fourth-order valence-electron chi connectivity index (χ4n) is 2.06. The molecule has 13 heavy (non-hydrogen) atoms. The molecule has 1 heterocycles. The van der Waals surface area contributed by atoms with Crippen LogP contribution in [0.1, 0.15) is 32.1 Å². The first kappa shape index (κ1) is 9.02. The van der Waals surface area contributed by atoms with E-state index < -0.39 is 0 Å². The van der Waals surface area contributed by atoms with Crippen molar-refractivity contribution in [1.29, 1.82) is 5.26 Å². The maximum atomic E-state index is 8.74. The number of likely N-dealkylation sites (tertiary alicyclic amines) is 1. The first-order chi connectivity index (χ1) is 6.38. The molecule has 0 atom stereocenters. The van der Waals surface area contributed by atoms with Gasteiger partial charge in [0.25, 0.3) is 0 Å². The summed E-state index contributed by atoms with van der Waals surface area (Å²) in [7, 11) is 0. The van der Waals surface area contributed by atoms with Gasteiger partial charge in [-0.25, -0.2) is 0 Å². The van der Waals surface area contributed by atoms with Crippen LogP contribution in [0.15, 0.2) is 0 Å². The highest BCUT2D eigenvalue weighted by atomic mass is 15.1. The molecule has 2 aliphatic rings. The predicted molar refractivity (Wildman–Crippen MR) is 52.1 cm³/mol. The summed E-state index contributed by atoms with van der Waals surface area (Å²) in [5.41, 5.74) is 0. The maximum Gasteiger partial charge on any atom is 0.0656 e. The first-order valence-electron chi connectivity index (χ1n) is 5.50. The largest absolute Gasteiger partial charge is 0.303 e. The van der Waals surface area contributed by atoms with Crippen LogP contribution >= 0.6 is 0 Å². The van der Waals surface area contributed by atoms with Crippen LogP contribution in [-0.2, 0) is 0 Å². The normalized spacial score (nSPS) is 25.8. The van der Waals surface area contributed by atoms with Gasteiger partial charge in [-0.1, -0.05) is 12.8 Å². The Morgan fingerprint density at radius 3 is 2.38 bits per heavy atom. The van der Waals surface area contributed by atoms with Gasteiger partial charge in [0, 0.05) is 5.92 Å². The van der Waals surface area contributed by atoms with Crippen LogP contribution in [0.3, 0.4) is 0 Å². The van der Waals surface area contributed by atoms with Crippen LogP contribution in [0, 0.1) is 23.2 Å². The Morgan fingerprint density at radius 1 is 1.15 bits per heavy atom. The fraction of sp³-hybridized carbons (Fsp3) is 0.909. The zero-order chi connectivity index (χ0) is 9.10. The monoisotopic (exact) mass is 178 g/mol. The average Bonchev–Trinajstić information content (AvgIpc) is 2.99. The second kappa shape index (κ2) is 4.11. The highest BCUT2D eigenvalue weighted by Crippen LogP contribution is 2.32. The van der Waals surface area contributed by atoms with Gasteiger partial charge in [-0.3, -0.25) is 0 Å². The Kier molecular flexibility index (Phi) is 2.85. The van der Waals surface area contributed by atoms with Gasteiger partial charge >= 0.3 is 0 Å². The molecule has 1 saturated heterocycles. The van der Waals surface area contributed by atoms with Gasteiger partial charge in [0.15, 0.2) is 0 Å². The number of nitriles is 1. The van der Waals surface area contributed by atoms with Crippen molar-refractivity contribution in [3.8, 4) is 6.07 Å². The second-order valence-corrected chi connectivity index (χ2v) is 4.48. The third-order valence-corrected chi connectivity index (χ3v) is 3.32. The van der Waals surface area contributed by atoms with Gasteiger partial charge in [-0.2, -0.15) is 5.26 Å². The van der Waals surface area contributed by atoms with Gasteiger partial charge in [-0.05, 0) is 44.8 Å². The Bertz CT molecular complexity index is 195. The van der Waals surface area contributed by atoms with Crippen molar-refractivity contribution >= 4 is 0 Å². The van der Waals surface area contributed by atoms with Crippen molar-refractivity contribution in [1.82, 2.24) is 4.90 Å². The van der Waals surface area contributed by atoms with E-state index in [1.165, 1.54) is 25.8 Å². The number of piperidine rings is 1. The zero-order valence-corrected chi connectivity index (χ0v) is 8.21. The van der Waals surface area contributed by atoms with E-state index in [0.29, 0.717) is 5.92 Å². The summed E-state index contributed by atoms with van der Waals surface area (Å²) in [5, 5.41) is 8.74. The number of nitrogens with zero attached hydrogens (tertiary/aromatic N) is 2. The van der Waals surface area contributed by atoms with Crippen molar-refractivity contribution in [3.05, 3.63) is 0 Å². The minimum absolute atomic E-state index is 0.345. The quantitative estimate of drug-likeness (QED) is 0.661. The summed E-state index contributed by atoms with van der Waals surface area (Å²) in [4.78, 5) is 2.53. The van der Waals surface area contributed by atoms with E-state index in [-0.39, 0.29) is 0 Å². The lowest BCUT2D eigenvalue weighted by Gasteiger charge is -2.28. The smallest absolute Gasteiger partial charge is 0.0656 e. The predicted octanol–water partition coefficient (Wildman–Crippen LogP) is 2.02. The van der Waals surface area contributed by atoms with E-state index in [1.807, 2.05) is 0 Å². The molecule has 0 aromatic rings. The molecule has 0 amide bonds. The van der Waals surface area contributed by atoms with Crippen molar-refractivity contribution in [2.75, 3.05) is 19.6 Å². The average molecular weight is 178 g/mol.